The van der Waals surface area contributed by atoms with Crippen LogP contribution >= 0.6 is 11.3 Å². The maximum absolute atomic E-state index is 12.4. The first-order chi connectivity index (χ1) is 9.93. The highest BCUT2D eigenvalue weighted by atomic mass is 32.2. The van der Waals surface area contributed by atoms with Crippen molar-refractivity contribution in [3.63, 3.8) is 0 Å². The number of amides is 1. The van der Waals surface area contributed by atoms with Gasteiger partial charge in [-0.2, -0.15) is 4.31 Å². The monoisotopic (exact) mass is 331 g/mol. The molecule has 0 unspecified atom stereocenters. The quantitative estimate of drug-likeness (QED) is 0.796. The molecule has 0 bridgehead atoms. The molecule has 3 N–H and O–H groups in total. The Kier molecular flexibility index (Phi) is 5.37. The minimum absolute atomic E-state index is 0.0785. The normalized spacial score (nSPS) is 17.8. The summed E-state index contributed by atoms with van der Waals surface area (Å²) in [5, 5.41) is 2.76. The Morgan fingerprint density at radius 2 is 2.10 bits per heavy atom. The molecule has 0 spiro atoms. The van der Waals surface area contributed by atoms with Gasteiger partial charge in [-0.1, -0.05) is 0 Å². The second-order valence-electron chi connectivity index (χ2n) is 5.21. The molecule has 1 aromatic rings. The smallest absolute Gasteiger partial charge is 0.252 e. The van der Waals surface area contributed by atoms with Gasteiger partial charge in [0.1, 0.15) is 4.21 Å². The number of thiophene rings is 1. The first-order valence-corrected chi connectivity index (χ1v) is 9.27. The summed E-state index contributed by atoms with van der Waals surface area (Å²) in [6.45, 7) is 3.38. The Labute approximate surface area is 129 Å². The topological polar surface area (TPSA) is 92.5 Å². The molecule has 1 aliphatic heterocycles. The van der Waals surface area contributed by atoms with Crippen LogP contribution in [0.5, 0.6) is 0 Å². The van der Waals surface area contributed by atoms with Crippen LogP contribution < -0.4 is 11.1 Å². The summed E-state index contributed by atoms with van der Waals surface area (Å²) < 4.78 is 26.6. The lowest BCUT2D eigenvalue weighted by atomic mass is 10.3. The molecule has 1 saturated heterocycles. The summed E-state index contributed by atoms with van der Waals surface area (Å²) in [6.07, 6.45) is 2.01. The Balaban J connectivity index is 2.02. The van der Waals surface area contributed by atoms with Crippen LogP contribution in [0, 0.1) is 0 Å². The number of carbonyl (C=O) groups excluding carboxylic acids is 1. The molecule has 6 nitrogen and oxygen atoms in total. The largest absolute Gasteiger partial charge is 0.352 e. The van der Waals surface area contributed by atoms with Crippen molar-refractivity contribution in [3.8, 4) is 0 Å². The van der Waals surface area contributed by atoms with Crippen molar-refractivity contribution in [3.05, 3.63) is 17.0 Å². The van der Waals surface area contributed by atoms with Crippen LogP contribution in [0.2, 0.25) is 0 Å². The second kappa shape index (κ2) is 6.87. The number of nitrogens with two attached hydrogens (primary N) is 1. The van der Waals surface area contributed by atoms with E-state index in [0.29, 0.717) is 23.8 Å². The van der Waals surface area contributed by atoms with Crippen molar-refractivity contribution in [2.75, 3.05) is 19.6 Å². The van der Waals surface area contributed by atoms with E-state index in [4.69, 9.17) is 5.73 Å². The van der Waals surface area contributed by atoms with Crippen molar-refractivity contribution < 1.29 is 13.2 Å². The molecular weight excluding hydrogens is 310 g/mol. The van der Waals surface area contributed by atoms with Gasteiger partial charge in [-0.05, 0) is 31.9 Å². The maximum Gasteiger partial charge on any atom is 0.252 e. The first kappa shape index (κ1) is 16.4. The van der Waals surface area contributed by atoms with Crippen LogP contribution in [-0.2, 0) is 21.2 Å². The molecule has 8 heteroatoms. The van der Waals surface area contributed by atoms with E-state index >= 15 is 0 Å². The van der Waals surface area contributed by atoms with E-state index in [1.165, 1.54) is 15.6 Å². The van der Waals surface area contributed by atoms with E-state index in [9.17, 15) is 13.2 Å². The fourth-order valence-electron chi connectivity index (χ4n) is 2.19. The van der Waals surface area contributed by atoms with Gasteiger partial charge in [-0.25, -0.2) is 8.42 Å². The third-order valence-electron chi connectivity index (χ3n) is 3.39. The van der Waals surface area contributed by atoms with E-state index < -0.39 is 10.0 Å². The number of hydrogen-bond donors (Lipinski definition) is 2. The Morgan fingerprint density at radius 1 is 1.43 bits per heavy atom. The third-order valence-corrected chi connectivity index (χ3v) is 6.84. The van der Waals surface area contributed by atoms with Crippen LogP contribution in [-0.4, -0.2) is 44.3 Å². The van der Waals surface area contributed by atoms with E-state index in [2.05, 4.69) is 5.32 Å². The van der Waals surface area contributed by atoms with Crippen molar-refractivity contribution in [2.24, 2.45) is 5.73 Å². The van der Waals surface area contributed by atoms with Crippen LogP contribution in [0.15, 0.2) is 16.3 Å². The molecule has 0 aromatic carbocycles. The fraction of sp³-hybridized carbons (Fsp3) is 0.615. The lowest BCUT2D eigenvalue weighted by Crippen LogP contribution is -2.38. The van der Waals surface area contributed by atoms with Crippen molar-refractivity contribution >= 4 is 27.3 Å². The highest BCUT2D eigenvalue weighted by Gasteiger charge is 2.28. The molecule has 2 rings (SSSR count). The molecule has 0 saturated carbocycles. The standard InChI is InChI=1S/C13H21N3O3S2/c1-10(9-14)15-12(17)8-11-4-5-13(20-11)21(18,19)16-6-2-3-7-16/h4-5,10H,2-3,6-9,14H2,1H3,(H,15,17)/t10-/m0/s1. The second-order valence-corrected chi connectivity index (χ2v) is 8.55. The van der Waals surface area contributed by atoms with Gasteiger partial charge in [0, 0.05) is 30.6 Å². The zero-order valence-electron chi connectivity index (χ0n) is 12.0. The highest BCUT2D eigenvalue weighted by Crippen LogP contribution is 2.27. The van der Waals surface area contributed by atoms with Gasteiger partial charge in [-0.3, -0.25) is 4.79 Å². The van der Waals surface area contributed by atoms with Crippen molar-refractivity contribution in [1.82, 2.24) is 9.62 Å². The van der Waals surface area contributed by atoms with Gasteiger partial charge in [0.2, 0.25) is 5.91 Å². The minimum atomic E-state index is -3.38. The Morgan fingerprint density at radius 3 is 2.71 bits per heavy atom. The van der Waals surface area contributed by atoms with Gasteiger partial charge in [0.25, 0.3) is 10.0 Å². The SMILES string of the molecule is C[C@@H](CN)NC(=O)Cc1ccc(S(=O)(=O)N2CCCC2)s1. The number of carbonyl (C=O) groups is 1. The Hall–Kier alpha value is -0.960. The van der Waals surface area contributed by atoms with Crippen molar-refractivity contribution in [1.29, 1.82) is 0 Å². The molecule has 1 aliphatic rings. The summed E-state index contributed by atoms with van der Waals surface area (Å²) in [5.74, 6) is -0.139. The molecule has 0 radical (unpaired) electrons. The summed E-state index contributed by atoms with van der Waals surface area (Å²) in [7, 11) is -3.38. The van der Waals surface area contributed by atoms with E-state index in [1.54, 1.807) is 12.1 Å². The molecule has 2 heterocycles. The number of nitrogens with one attached hydrogen (secondary N) is 1. The van der Waals surface area contributed by atoms with Crippen LogP contribution in [0.25, 0.3) is 0 Å². The predicted molar refractivity (Wildman–Crippen MR) is 82.7 cm³/mol. The number of sulfonamides is 1. The van der Waals surface area contributed by atoms with Gasteiger partial charge in [0.05, 0.1) is 6.42 Å². The van der Waals surface area contributed by atoms with E-state index in [0.717, 1.165) is 17.7 Å². The zero-order chi connectivity index (χ0) is 15.5. The van der Waals surface area contributed by atoms with Crippen LogP contribution in [0.3, 0.4) is 0 Å². The molecule has 1 aromatic heterocycles. The lowest BCUT2D eigenvalue weighted by molar-refractivity contribution is -0.120. The predicted octanol–water partition coefficient (Wildman–Crippen LogP) is 0.538. The number of hydrogen-bond acceptors (Lipinski definition) is 5. The van der Waals surface area contributed by atoms with Crippen LogP contribution in [0.1, 0.15) is 24.6 Å². The number of nitrogens with zero attached hydrogens (tertiary/aromatic N) is 1. The van der Waals surface area contributed by atoms with E-state index in [-0.39, 0.29) is 18.4 Å². The maximum atomic E-state index is 12.4. The summed E-state index contributed by atoms with van der Waals surface area (Å²) >= 11 is 1.17. The summed E-state index contributed by atoms with van der Waals surface area (Å²) in [6, 6.07) is 3.22. The van der Waals surface area contributed by atoms with E-state index in [1.807, 2.05) is 6.92 Å². The highest BCUT2D eigenvalue weighted by molar-refractivity contribution is 7.91. The van der Waals surface area contributed by atoms with Crippen molar-refractivity contribution in [2.45, 2.75) is 36.4 Å². The zero-order valence-corrected chi connectivity index (χ0v) is 13.7. The molecule has 1 fully saturated rings. The first-order valence-electron chi connectivity index (χ1n) is 7.02. The molecule has 1 amide bonds. The molecule has 21 heavy (non-hydrogen) atoms. The third kappa shape index (κ3) is 4.03. The van der Waals surface area contributed by atoms with Gasteiger partial charge in [-0.15, -0.1) is 11.3 Å². The average molecular weight is 331 g/mol. The summed E-state index contributed by atoms with van der Waals surface area (Å²) in [4.78, 5) is 12.5. The molecule has 118 valence electrons. The molecular formula is C13H21N3O3S2. The fourth-order valence-corrected chi connectivity index (χ4v) is 5.22. The lowest BCUT2D eigenvalue weighted by Gasteiger charge is -2.13. The average Bonchev–Trinajstić information content (AvgIpc) is 3.09. The van der Waals surface area contributed by atoms with Gasteiger partial charge in [0.15, 0.2) is 0 Å². The van der Waals surface area contributed by atoms with Gasteiger partial charge < -0.3 is 11.1 Å². The Bertz CT molecular complexity index is 592. The molecule has 0 aliphatic carbocycles. The minimum Gasteiger partial charge on any atom is -0.352 e. The molecule has 1 atom stereocenters. The van der Waals surface area contributed by atoms with Gasteiger partial charge >= 0.3 is 0 Å². The summed E-state index contributed by atoms with van der Waals surface area (Å²) in [5.41, 5.74) is 5.45. The van der Waals surface area contributed by atoms with Crippen LogP contribution in [0.4, 0.5) is 0 Å². The number of rotatable bonds is 6.